The molecule has 0 amide bonds. The first-order chi connectivity index (χ1) is 10.1. The second kappa shape index (κ2) is 6.95. The molecule has 1 heterocycles. The highest BCUT2D eigenvalue weighted by atomic mass is 32.2. The third-order valence-electron chi connectivity index (χ3n) is 3.14. The number of thioether (sulfide) groups is 1. The molecule has 0 aliphatic heterocycles. The van der Waals surface area contributed by atoms with Crippen LogP contribution in [0.3, 0.4) is 0 Å². The minimum atomic E-state index is -0.402. The van der Waals surface area contributed by atoms with Crippen molar-refractivity contribution in [1.29, 1.82) is 0 Å². The van der Waals surface area contributed by atoms with Gasteiger partial charge in [-0.1, -0.05) is 5.16 Å². The highest BCUT2D eigenvalue weighted by Crippen LogP contribution is 2.40. The molecular weight excluding hydrogens is 314 g/mol. The van der Waals surface area contributed by atoms with Crippen molar-refractivity contribution in [3.8, 4) is 0 Å². The number of rotatable bonds is 4. The van der Waals surface area contributed by atoms with E-state index in [1.54, 1.807) is 0 Å². The number of oxime groups is 1. The average Bonchev–Trinajstić information content (AvgIpc) is 2.90. The van der Waals surface area contributed by atoms with Gasteiger partial charge >= 0.3 is 11.9 Å². The van der Waals surface area contributed by atoms with Gasteiger partial charge in [0.05, 0.1) is 29.9 Å². The number of methoxy groups -OCH3 is 2. The first-order valence-corrected chi connectivity index (χ1v) is 8.07. The van der Waals surface area contributed by atoms with Gasteiger partial charge in [-0.3, -0.25) is 4.79 Å². The number of hydrogen-bond acceptors (Lipinski definition) is 8. The lowest BCUT2D eigenvalue weighted by molar-refractivity contribution is -0.137. The van der Waals surface area contributed by atoms with E-state index in [-0.39, 0.29) is 11.7 Å². The summed E-state index contributed by atoms with van der Waals surface area (Å²) in [6.45, 7) is 0. The molecule has 6 nitrogen and oxygen atoms in total. The van der Waals surface area contributed by atoms with E-state index in [2.05, 4.69) is 9.89 Å². The topological polar surface area (TPSA) is 85.2 Å². The van der Waals surface area contributed by atoms with Crippen LogP contribution in [0.15, 0.2) is 9.36 Å². The van der Waals surface area contributed by atoms with Gasteiger partial charge in [0, 0.05) is 5.56 Å². The molecule has 0 saturated heterocycles. The summed E-state index contributed by atoms with van der Waals surface area (Å²) < 4.78 is 10.2. The molecule has 0 bridgehead atoms. The number of esters is 2. The smallest absolute Gasteiger partial charge is 0.348 e. The molecule has 1 aliphatic carbocycles. The Morgan fingerprint density at radius 3 is 2.71 bits per heavy atom. The zero-order chi connectivity index (χ0) is 15.4. The van der Waals surface area contributed by atoms with Crippen LogP contribution in [-0.2, 0) is 20.7 Å². The van der Waals surface area contributed by atoms with Gasteiger partial charge in [0.15, 0.2) is 0 Å². The number of hydrogen-bond donors (Lipinski definition) is 1. The molecule has 0 spiro atoms. The third-order valence-corrected chi connectivity index (χ3v) is 5.60. The first-order valence-electron chi connectivity index (χ1n) is 6.27. The molecule has 0 saturated carbocycles. The quantitative estimate of drug-likeness (QED) is 0.395. The minimum Gasteiger partial charge on any atom is -0.468 e. The molecule has 1 aliphatic rings. The van der Waals surface area contributed by atoms with Crippen molar-refractivity contribution in [3.05, 3.63) is 16.0 Å². The number of carbonyl (C=O) groups excluding carboxylic acids is 2. The zero-order valence-electron chi connectivity index (χ0n) is 11.7. The molecule has 1 aromatic rings. The number of thiophene rings is 1. The molecule has 8 heteroatoms. The van der Waals surface area contributed by atoms with E-state index >= 15 is 0 Å². The minimum absolute atomic E-state index is 0.142. The van der Waals surface area contributed by atoms with Crippen molar-refractivity contribution in [2.75, 3.05) is 20.0 Å². The Balaban J connectivity index is 2.42. The lowest BCUT2D eigenvalue weighted by Crippen LogP contribution is -2.14. The maximum atomic E-state index is 11.9. The highest BCUT2D eigenvalue weighted by Gasteiger charge is 2.29. The summed E-state index contributed by atoms with van der Waals surface area (Å²) in [5.41, 5.74) is 2.16. The lowest BCUT2D eigenvalue weighted by atomic mass is 9.92. The first kappa shape index (κ1) is 15.8. The molecule has 2 rings (SSSR count). The van der Waals surface area contributed by atoms with Crippen LogP contribution in [0.25, 0.3) is 0 Å². The van der Waals surface area contributed by atoms with E-state index < -0.39 is 5.97 Å². The average molecular weight is 329 g/mol. The van der Waals surface area contributed by atoms with Gasteiger partial charge in [0.1, 0.15) is 4.88 Å². The second-order valence-electron chi connectivity index (χ2n) is 4.33. The van der Waals surface area contributed by atoms with Crippen LogP contribution in [-0.4, -0.2) is 42.8 Å². The molecule has 0 atom stereocenters. The Morgan fingerprint density at radius 1 is 1.33 bits per heavy atom. The largest absolute Gasteiger partial charge is 0.468 e. The molecule has 1 N–H and O–H groups in total. The fourth-order valence-corrected chi connectivity index (χ4v) is 4.61. The number of nitrogens with zero attached hydrogens (tertiary/aromatic N) is 1. The van der Waals surface area contributed by atoms with E-state index in [1.165, 1.54) is 37.3 Å². The summed E-state index contributed by atoms with van der Waals surface area (Å²) in [6.07, 6.45) is 2.19. The van der Waals surface area contributed by atoms with Crippen LogP contribution in [0.5, 0.6) is 0 Å². The van der Waals surface area contributed by atoms with Gasteiger partial charge in [-0.15, -0.1) is 23.1 Å². The predicted octanol–water partition coefficient (Wildman–Crippen LogP) is 2.31. The summed E-state index contributed by atoms with van der Waals surface area (Å²) >= 11 is 2.55. The Hall–Kier alpha value is -1.54. The van der Waals surface area contributed by atoms with Gasteiger partial charge in [-0.25, -0.2) is 4.79 Å². The van der Waals surface area contributed by atoms with Crippen molar-refractivity contribution in [2.24, 2.45) is 5.16 Å². The van der Waals surface area contributed by atoms with Crippen molar-refractivity contribution >= 4 is 40.7 Å². The summed E-state index contributed by atoms with van der Waals surface area (Å²) in [5.74, 6) is -0.608. The third kappa shape index (κ3) is 3.21. The van der Waals surface area contributed by atoms with Gasteiger partial charge in [0.25, 0.3) is 0 Å². The number of carbonyl (C=O) groups is 2. The predicted molar refractivity (Wildman–Crippen MR) is 79.7 cm³/mol. The summed E-state index contributed by atoms with van der Waals surface area (Å²) in [6, 6.07) is 0. The molecule has 0 radical (unpaired) electrons. The van der Waals surface area contributed by atoms with Crippen LogP contribution in [0.2, 0.25) is 0 Å². The molecule has 0 fully saturated rings. The summed E-state index contributed by atoms with van der Waals surface area (Å²) in [5, 5.41) is 12.5. The SMILES string of the molecule is COC(=O)CSc1sc(C(=O)OC)c2c1/C(=N/O)CCC2. The van der Waals surface area contributed by atoms with Crippen molar-refractivity contribution in [1.82, 2.24) is 0 Å². The van der Waals surface area contributed by atoms with Gasteiger partial charge in [-0.2, -0.15) is 0 Å². The fourth-order valence-electron chi connectivity index (χ4n) is 2.17. The zero-order valence-corrected chi connectivity index (χ0v) is 13.3. The summed E-state index contributed by atoms with van der Waals surface area (Å²) in [7, 11) is 2.66. The monoisotopic (exact) mass is 329 g/mol. The second-order valence-corrected chi connectivity index (χ2v) is 6.59. The summed E-state index contributed by atoms with van der Waals surface area (Å²) in [4.78, 5) is 23.7. The molecule has 1 aromatic heterocycles. The van der Waals surface area contributed by atoms with Gasteiger partial charge in [-0.05, 0) is 24.8 Å². The molecule has 0 unspecified atom stereocenters. The van der Waals surface area contributed by atoms with E-state index in [4.69, 9.17) is 9.94 Å². The van der Waals surface area contributed by atoms with Crippen LogP contribution in [0.4, 0.5) is 0 Å². The molecule has 114 valence electrons. The fraction of sp³-hybridized carbons (Fsp3) is 0.462. The van der Waals surface area contributed by atoms with Crippen LogP contribution >= 0.6 is 23.1 Å². The molecule has 21 heavy (non-hydrogen) atoms. The maximum Gasteiger partial charge on any atom is 0.348 e. The van der Waals surface area contributed by atoms with E-state index in [0.717, 1.165) is 28.2 Å². The number of fused-ring (bicyclic) bond motifs is 1. The standard InChI is InChI=1S/C13H15NO5S2/c1-18-9(15)6-20-13-10-7(4-3-5-8(10)14-17)11(21-13)12(16)19-2/h17H,3-6H2,1-2H3/b14-8+. The Morgan fingerprint density at radius 2 is 2.10 bits per heavy atom. The van der Waals surface area contributed by atoms with Crippen molar-refractivity contribution in [3.63, 3.8) is 0 Å². The van der Waals surface area contributed by atoms with Crippen LogP contribution in [0, 0.1) is 0 Å². The Kier molecular flexibility index (Phi) is 5.24. The lowest BCUT2D eigenvalue weighted by Gasteiger charge is -2.15. The Bertz CT molecular complexity index is 594. The van der Waals surface area contributed by atoms with Gasteiger partial charge in [0.2, 0.25) is 0 Å². The van der Waals surface area contributed by atoms with Gasteiger partial charge < -0.3 is 14.7 Å². The number of ether oxygens (including phenoxy) is 2. The van der Waals surface area contributed by atoms with E-state index in [1.807, 2.05) is 0 Å². The van der Waals surface area contributed by atoms with Crippen molar-refractivity contribution < 1.29 is 24.3 Å². The Labute approximate surface area is 130 Å². The van der Waals surface area contributed by atoms with Crippen molar-refractivity contribution in [2.45, 2.75) is 23.5 Å². The van der Waals surface area contributed by atoms with Crippen LogP contribution in [0.1, 0.15) is 33.6 Å². The van der Waals surface area contributed by atoms with Crippen LogP contribution < -0.4 is 0 Å². The van der Waals surface area contributed by atoms with E-state index in [0.29, 0.717) is 17.0 Å². The maximum absolute atomic E-state index is 11.9. The molecular formula is C13H15NO5S2. The highest BCUT2D eigenvalue weighted by molar-refractivity contribution is 8.01. The molecule has 0 aromatic carbocycles. The normalized spacial score (nSPS) is 15.6. The van der Waals surface area contributed by atoms with E-state index in [9.17, 15) is 9.59 Å².